The van der Waals surface area contributed by atoms with E-state index in [4.69, 9.17) is 9.97 Å². The molecule has 0 bridgehead atoms. The van der Waals surface area contributed by atoms with E-state index >= 15 is 0 Å². The van der Waals surface area contributed by atoms with E-state index in [9.17, 15) is 0 Å². The molecule has 0 unspecified atom stereocenters. The van der Waals surface area contributed by atoms with E-state index in [0.717, 1.165) is 33.0 Å². The van der Waals surface area contributed by atoms with Crippen molar-refractivity contribution in [2.75, 3.05) is 0 Å². The fourth-order valence-electron chi connectivity index (χ4n) is 4.89. The molecule has 2 aromatic carbocycles. The van der Waals surface area contributed by atoms with Gasteiger partial charge in [0.25, 0.3) is 0 Å². The first-order chi connectivity index (χ1) is 18.4. The van der Waals surface area contributed by atoms with Crippen LogP contribution in [0.15, 0.2) is 146 Å². The second kappa shape index (κ2) is 10.1. The average molecular weight is 493 g/mol. The van der Waals surface area contributed by atoms with Crippen LogP contribution in [0.1, 0.15) is 0 Å². The van der Waals surface area contributed by atoms with Crippen molar-refractivity contribution in [2.24, 2.45) is 0 Å². The van der Waals surface area contributed by atoms with Gasteiger partial charge < -0.3 is 0 Å². The summed E-state index contributed by atoms with van der Waals surface area (Å²) in [7, 11) is -2.81. The maximum absolute atomic E-state index is 5.12. The molecule has 0 atom stereocenters. The summed E-state index contributed by atoms with van der Waals surface area (Å²) in [6.45, 7) is 0. The Morgan fingerprint density at radius 2 is 1.00 bits per heavy atom. The standard InChI is InChI=1S/C32H24N4Si/c1-3-11-28(12-4-1)37(29-13-5-2-6-14-29,31-18-16-26(23-35-31)25-10-9-20-33-22-25)32-19-17-27(24-36-32)30-15-7-8-21-34-30/h1-24H. The third-order valence-corrected chi connectivity index (χ3v) is 11.2. The first-order valence-electron chi connectivity index (χ1n) is 12.2. The predicted molar refractivity (Wildman–Crippen MR) is 152 cm³/mol. The summed E-state index contributed by atoms with van der Waals surface area (Å²) in [6.07, 6.45) is 9.36. The normalized spacial score (nSPS) is 11.2. The molecule has 0 aliphatic heterocycles. The quantitative estimate of drug-likeness (QED) is 0.330. The van der Waals surface area contributed by atoms with Crippen LogP contribution in [-0.4, -0.2) is 28.0 Å². The molecule has 4 nitrogen and oxygen atoms in total. The summed E-state index contributed by atoms with van der Waals surface area (Å²) in [4.78, 5) is 19.0. The number of nitrogens with zero attached hydrogens (tertiary/aromatic N) is 4. The summed E-state index contributed by atoms with van der Waals surface area (Å²) in [5, 5.41) is 4.55. The molecule has 0 radical (unpaired) electrons. The van der Waals surface area contributed by atoms with Crippen LogP contribution < -0.4 is 21.0 Å². The second-order valence-corrected chi connectivity index (χ2v) is 12.5. The lowest BCUT2D eigenvalue weighted by Gasteiger charge is -2.32. The fraction of sp³-hybridized carbons (Fsp3) is 0. The Morgan fingerprint density at radius 1 is 0.405 bits per heavy atom. The lowest BCUT2D eigenvalue weighted by molar-refractivity contribution is 1.29. The highest BCUT2D eigenvalue weighted by molar-refractivity contribution is 7.19. The molecule has 4 aromatic heterocycles. The molecule has 0 saturated heterocycles. The Morgan fingerprint density at radius 3 is 1.51 bits per heavy atom. The molecule has 0 fully saturated rings. The van der Waals surface area contributed by atoms with E-state index < -0.39 is 8.07 Å². The molecule has 0 amide bonds. The Hall–Kier alpha value is -4.74. The van der Waals surface area contributed by atoms with Gasteiger partial charge in [-0.2, -0.15) is 0 Å². The Labute approximate surface area is 217 Å². The molecule has 0 saturated carbocycles. The summed E-state index contributed by atoms with van der Waals surface area (Å²) in [5.41, 5.74) is 3.99. The third-order valence-electron chi connectivity index (χ3n) is 6.66. The minimum Gasteiger partial charge on any atom is -0.264 e. The zero-order valence-electron chi connectivity index (χ0n) is 20.1. The second-order valence-electron chi connectivity index (χ2n) is 8.80. The minimum atomic E-state index is -2.81. The molecule has 6 aromatic rings. The molecule has 5 heteroatoms. The molecule has 0 aliphatic rings. The highest BCUT2D eigenvalue weighted by Gasteiger charge is 2.44. The van der Waals surface area contributed by atoms with Crippen molar-refractivity contribution in [1.29, 1.82) is 0 Å². The third kappa shape index (κ3) is 4.26. The highest BCUT2D eigenvalue weighted by atomic mass is 28.3. The van der Waals surface area contributed by atoms with Gasteiger partial charge >= 0.3 is 0 Å². The van der Waals surface area contributed by atoms with Gasteiger partial charge in [0.2, 0.25) is 8.07 Å². The van der Waals surface area contributed by atoms with E-state index in [0.29, 0.717) is 0 Å². The van der Waals surface area contributed by atoms with Gasteiger partial charge in [0, 0.05) is 58.3 Å². The number of hydrogen-bond donors (Lipinski definition) is 0. The zero-order chi connectivity index (χ0) is 24.9. The van der Waals surface area contributed by atoms with Crippen LogP contribution in [0.5, 0.6) is 0 Å². The van der Waals surface area contributed by atoms with Gasteiger partial charge in [0.15, 0.2) is 0 Å². The summed E-state index contributed by atoms with van der Waals surface area (Å²) < 4.78 is 0. The Balaban J connectivity index is 1.57. The van der Waals surface area contributed by atoms with Crippen LogP contribution in [-0.2, 0) is 0 Å². The van der Waals surface area contributed by atoms with Gasteiger partial charge in [-0.05, 0) is 46.8 Å². The van der Waals surface area contributed by atoms with Crippen LogP contribution in [0.3, 0.4) is 0 Å². The maximum Gasteiger partial charge on any atom is 0.223 e. The van der Waals surface area contributed by atoms with Crippen molar-refractivity contribution in [3.05, 3.63) is 146 Å². The van der Waals surface area contributed by atoms with Gasteiger partial charge in [0.05, 0.1) is 5.69 Å². The average Bonchev–Trinajstić information content (AvgIpc) is 3.00. The van der Waals surface area contributed by atoms with E-state index in [1.165, 1.54) is 10.4 Å². The van der Waals surface area contributed by atoms with Crippen LogP contribution in [0, 0.1) is 0 Å². The van der Waals surface area contributed by atoms with E-state index in [1.807, 2.05) is 49.1 Å². The van der Waals surface area contributed by atoms with Crippen LogP contribution >= 0.6 is 0 Å². The molecule has 37 heavy (non-hydrogen) atoms. The number of hydrogen-bond acceptors (Lipinski definition) is 4. The van der Waals surface area contributed by atoms with E-state index in [-0.39, 0.29) is 0 Å². The maximum atomic E-state index is 5.12. The smallest absolute Gasteiger partial charge is 0.223 e. The predicted octanol–water partition coefficient (Wildman–Crippen LogP) is 3.98. The highest BCUT2D eigenvalue weighted by Crippen LogP contribution is 2.18. The Kier molecular flexibility index (Phi) is 6.19. The van der Waals surface area contributed by atoms with Gasteiger partial charge in [-0.25, -0.2) is 0 Å². The summed E-state index contributed by atoms with van der Waals surface area (Å²) in [5.74, 6) is 0. The van der Waals surface area contributed by atoms with Crippen molar-refractivity contribution in [3.63, 3.8) is 0 Å². The molecular weight excluding hydrogens is 468 g/mol. The van der Waals surface area contributed by atoms with Crippen molar-refractivity contribution in [3.8, 4) is 22.4 Å². The summed E-state index contributed by atoms with van der Waals surface area (Å²) in [6, 6.07) is 39.9. The topological polar surface area (TPSA) is 51.6 Å². The number of aromatic nitrogens is 4. The zero-order valence-corrected chi connectivity index (χ0v) is 21.1. The number of pyridine rings is 4. The fourth-order valence-corrected chi connectivity index (χ4v) is 9.23. The molecule has 4 heterocycles. The van der Waals surface area contributed by atoms with Gasteiger partial charge in [-0.3, -0.25) is 19.9 Å². The lowest BCUT2D eigenvalue weighted by Crippen LogP contribution is -2.76. The molecule has 0 aliphatic carbocycles. The Bertz CT molecular complexity index is 1450. The molecule has 176 valence electrons. The first kappa shape index (κ1) is 22.7. The SMILES string of the molecule is c1ccc([Si](c2ccccc2)(c2ccc(-c3cccnc3)cn2)c2ccc(-c3ccccn3)cn2)cc1. The van der Waals surface area contributed by atoms with Crippen molar-refractivity contribution < 1.29 is 0 Å². The molecule has 0 spiro atoms. The van der Waals surface area contributed by atoms with Crippen LogP contribution in [0.2, 0.25) is 0 Å². The lowest BCUT2D eigenvalue weighted by atomic mass is 10.1. The minimum absolute atomic E-state index is 0.909. The number of rotatable bonds is 6. The largest absolute Gasteiger partial charge is 0.264 e. The summed E-state index contributed by atoms with van der Waals surface area (Å²) >= 11 is 0. The van der Waals surface area contributed by atoms with Crippen molar-refractivity contribution in [2.45, 2.75) is 0 Å². The van der Waals surface area contributed by atoms with Gasteiger partial charge in [-0.15, -0.1) is 0 Å². The number of benzene rings is 2. The molecule has 6 rings (SSSR count). The van der Waals surface area contributed by atoms with Crippen LogP contribution in [0.4, 0.5) is 0 Å². The van der Waals surface area contributed by atoms with Crippen LogP contribution in [0.25, 0.3) is 22.4 Å². The van der Waals surface area contributed by atoms with E-state index in [2.05, 4.69) is 101 Å². The van der Waals surface area contributed by atoms with Crippen molar-refractivity contribution in [1.82, 2.24) is 19.9 Å². The van der Waals surface area contributed by atoms with E-state index in [1.54, 1.807) is 6.20 Å². The molecule has 0 N–H and O–H groups in total. The first-order valence-corrected chi connectivity index (χ1v) is 14.2. The molecular formula is C32H24N4Si. The van der Waals surface area contributed by atoms with Gasteiger partial charge in [-0.1, -0.05) is 78.9 Å². The van der Waals surface area contributed by atoms with Crippen molar-refractivity contribution >= 4 is 29.1 Å². The van der Waals surface area contributed by atoms with Gasteiger partial charge in [0.1, 0.15) is 0 Å². The monoisotopic (exact) mass is 492 g/mol.